The SMILES string of the molecule is CC(c1ccccc1F)N(C)c1ccc(N)c2nonc12. The van der Waals surface area contributed by atoms with Crippen molar-refractivity contribution < 1.29 is 9.02 Å². The van der Waals surface area contributed by atoms with E-state index in [1.807, 2.05) is 31.0 Å². The van der Waals surface area contributed by atoms with Crippen molar-refractivity contribution in [2.24, 2.45) is 0 Å². The Bertz CT molecular complexity index is 786. The van der Waals surface area contributed by atoms with Gasteiger partial charge in [0, 0.05) is 12.6 Å². The number of nitrogens with two attached hydrogens (primary N) is 1. The van der Waals surface area contributed by atoms with Crippen molar-refractivity contribution in [1.29, 1.82) is 0 Å². The van der Waals surface area contributed by atoms with E-state index in [0.717, 1.165) is 5.69 Å². The van der Waals surface area contributed by atoms with Crippen LogP contribution in [0.3, 0.4) is 0 Å². The van der Waals surface area contributed by atoms with E-state index in [2.05, 4.69) is 10.3 Å². The number of nitrogen functional groups attached to an aromatic ring is 1. The average molecular weight is 286 g/mol. The Morgan fingerprint density at radius 2 is 1.86 bits per heavy atom. The molecule has 0 bridgehead atoms. The van der Waals surface area contributed by atoms with Gasteiger partial charge in [0.2, 0.25) is 0 Å². The van der Waals surface area contributed by atoms with E-state index in [1.54, 1.807) is 18.2 Å². The molecule has 6 heteroatoms. The normalized spacial score (nSPS) is 12.5. The van der Waals surface area contributed by atoms with E-state index in [-0.39, 0.29) is 11.9 Å². The van der Waals surface area contributed by atoms with Gasteiger partial charge in [-0.05, 0) is 35.4 Å². The summed E-state index contributed by atoms with van der Waals surface area (Å²) in [6.07, 6.45) is 0. The lowest BCUT2D eigenvalue weighted by molar-refractivity contribution is 0.315. The highest BCUT2D eigenvalue weighted by molar-refractivity contribution is 5.95. The fourth-order valence-corrected chi connectivity index (χ4v) is 2.39. The zero-order chi connectivity index (χ0) is 15.0. The molecule has 108 valence electrons. The van der Waals surface area contributed by atoms with Crippen molar-refractivity contribution in [3.05, 3.63) is 47.8 Å². The Kier molecular flexibility index (Phi) is 3.21. The number of nitrogens with zero attached hydrogens (tertiary/aromatic N) is 3. The number of fused-ring (bicyclic) bond motifs is 1. The summed E-state index contributed by atoms with van der Waals surface area (Å²) in [5.74, 6) is -0.234. The first-order valence-electron chi connectivity index (χ1n) is 6.57. The molecule has 21 heavy (non-hydrogen) atoms. The number of rotatable bonds is 3. The van der Waals surface area contributed by atoms with Gasteiger partial charge in [-0.1, -0.05) is 18.2 Å². The Morgan fingerprint density at radius 3 is 2.62 bits per heavy atom. The minimum absolute atomic E-state index is 0.172. The molecule has 2 aromatic carbocycles. The van der Waals surface area contributed by atoms with E-state index < -0.39 is 0 Å². The summed E-state index contributed by atoms with van der Waals surface area (Å²) in [5, 5.41) is 7.70. The van der Waals surface area contributed by atoms with Gasteiger partial charge >= 0.3 is 0 Å². The largest absolute Gasteiger partial charge is 0.397 e. The van der Waals surface area contributed by atoms with Crippen molar-refractivity contribution in [2.75, 3.05) is 17.7 Å². The van der Waals surface area contributed by atoms with Gasteiger partial charge < -0.3 is 10.6 Å². The monoisotopic (exact) mass is 286 g/mol. The first-order chi connectivity index (χ1) is 10.1. The highest BCUT2D eigenvalue weighted by Crippen LogP contribution is 2.33. The Labute approximate surface area is 121 Å². The summed E-state index contributed by atoms with van der Waals surface area (Å²) in [6, 6.07) is 10.1. The van der Waals surface area contributed by atoms with E-state index in [4.69, 9.17) is 10.4 Å². The van der Waals surface area contributed by atoms with Crippen molar-refractivity contribution in [2.45, 2.75) is 13.0 Å². The lowest BCUT2D eigenvalue weighted by Crippen LogP contribution is -2.22. The molecule has 3 rings (SSSR count). The minimum atomic E-state index is -0.234. The van der Waals surface area contributed by atoms with Crippen LogP contribution in [0, 0.1) is 5.82 Å². The van der Waals surface area contributed by atoms with Gasteiger partial charge in [0.25, 0.3) is 0 Å². The van der Waals surface area contributed by atoms with E-state index in [0.29, 0.717) is 22.3 Å². The summed E-state index contributed by atoms with van der Waals surface area (Å²) < 4.78 is 18.7. The van der Waals surface area contributed by atoms with Crippen LogP contribution in [0.25, 0.3) is 11.0 Å². The van der Waals surface area contributed by atoms with Gasteiger partial charge in [-0.3, -0.25) is 0 Å². The molecule has 1 atom stereocenters. The van der Waals surface area contributed by atoms with Crippen LogP contribution in [0.2, 0.25) is 0 Å². The van der Waals surface area contributed by atoms with E-state index >= 15 is 0 Å². The molecule has 0 aliphatic carbocycles. The molecule has 5 nitrogen and oxygen atoms in total. The molecule has 0 saturated heterocycles. The van der Waals surface area contributed by atoms with Crippen LogP contribution in [0.15, 0.2) is 41.0 Å². The zero-order valence-electron chi connectivity index (χ0n) is 11.7. The highest BCUT2D eigenvalue weighted by Gasteiger charge is 2.20. The Morgan fingerprint density at radius 1 is 1.14 bits per heavy atom. The quantitative estimate of drug-likeness (QED) is 0.749. The van der Waals surface area contributed by atoms with Gasteiger partial charge in [-0.15, -0.1) is 0 Å². The van der Waals surface area contributed by atoms with Gasteiger partial charge in [0.15, 0.2) is 11.0 Å². The lowest BCUT2D eigenvalue weighted by atomic mass is 10.1. The fourth-order valence-electron chi connectivity index (χ4n) is 2.39. The van der Waals surface area contributed by atoms with Crippen LogP contribution >= 0.6 is 0 Å². The molecule has 0 aliphatic rings. The third kappa shape index (κ3) is 2.18. The number of benzene rings is 2. The predicted molar refractivity (Wildman–Crippen MR) is 79.4 cm³/mol. The van der Waals surface area contributed by atoms with Crippen LogP contribution in [0.4, 0.5) is 15.8 Å². The fraction of sp³-hybridized carbons (Fsp3) is 0.200. The minimum Gasteiger partial charge on any atom is -0.397 e. The molecule has 0 radical (unpaired) electrons. The molecule has 2 N–H and O–H groups in total. The molecule has 0 spiro atoms. The molecule has 1 unspecified atom stereocenters. The Hall–Kier alpha value is -2.63. The zero-order valence-corrected chi connectivity index (χ0v) is 11.7. The maximum absolute atomic E-state index is 13.9. The van der Waals surface area contributed by atoms with Gasteiger partial charge in [-0.2, -0.15) is 0 Å². The third-order valence-electron chi connectivity index (χ3n) is 3.74. The summed E-state index contributed by atoms with van der Waals surface area (Å²) in [6.45, 7) is 1.92. The number of halogens is 1. The van der Waals surface area contributed by atoms with Gasteiger partial charge in [0.05, 0.1) is 17.4 Å². The second kappa shape index (κ2) is 5.05. The molecule has 0 saturated carbocycles. The third-order valence-corrected chi connectivity index (χ3v) is 3.74. The first kappa shape index (κ1) is 13.4. The molecule has 0 amide bonds. The number of anilines is 2. The maximum atomic E-state index is 13.9. The summed E-state index contributed by atoms with van der Waals surface area (Å²) in [7, 11) is 1.87. The van der Waals surface area contributed by atoms with Crippen molar-refractivity contribution in [3.8, 4) is 0 Å². The van der Waals surface area contributed by atoms with Crippen molar-refractivity contribution in [3.63, 3.8) is 0 Å². The number of hydrogen-bond acceptors (Lipinski definition) is 5. The van der Waals surface area contributed by atoms with Gasteiger partial charge in [0.1, 0.15) is 5.82 Å². The van der Waals surface area contributed by atoms with Crippen molar-refractivity contribution >= 4 is 22.4 Å². The molecule has 3 aromatic rings. The first-order valence-corrected chi connectivity index (χ1v) is 6.57. The number of hydrogen-bond donors (Lipinski definition) is 1. The second-order valence-electron chi connectivity index (χ2n) is 4.94. The standard InChI is InChI=1S/C15H15FN4O/c1-9(10-5-3-4-6-11(10)16)20(2)13-8-7-12(17)14-15(13)19-21-18-14/h3-9H,17H2,1-2H3. The second-order valence-corrected chi connectivity index (χ2v) is 4.94. The molecular weight excluding hydrogens is 271 g/mol. The smallest absolute Gasteiger partial charge is 0.160 e. The van der Waals surface area contributed by atoms with Crippen LogP contribution < -0.4 is 10.6 Å². The summed E-state index contributed by atoms with van der Waals surface area (Å²) in [4.78, 5) is 1.92. The molecule has 1 heterocycles. The van der Waals surface area contributed by atoms with Crippen LogP contribution in [0.1, 0.15) is 18.5 Å². The van der Waals surface area contributed by atoms with E-state index in [1.165, 1.54) is 6.07 Å². The maximum Gasteiger partial charge on any atom is 0.160 e. The van der Waals surface area contributed by atoms with E-state index in [9.17, 15) is 4.39 Å². The molecule has 0 aliphatic heterocycles. The topological polar surface area (TPSA) is 68.2 Å². The molecule has 0 fully saturated rings. The van der Waals surface area contributed by atoms with Crippen molar-refractivity contribution in [1.82, 2.24) is 10.3 Å². The summed E-state index contributed by atoms with van der Waals surface area (Å²) >= 11 is 0. The number of aromatic nitrogens is 2. The summed E-state index contributed by atoms with van der Waals surface area (Å²) in [5.41, 5.74) is 8.83. The Balaban J connectivity index is 2.05. The molecule has 1 aromatic heterocycles. The molecular formula is C15H15FN4O. The van der Waals surface area contributed by atoms with Crippen LogP contribution in [0.5, 0.6) is 0 Å². The van der Waals surface area contributed by atoms with Crippen LogP contribution in [-0.4, -0.2) is 17.4 Å². The average Bonchev–Trinajstić information content (AvgIpc) is 2.97. The lowest BCUT2D eigenvalue weighted by Gasteiger charge is -2.27. The highest BCUT2D eigenvalue weighted by atomic mass is 19.1. The van der Waals surface area contributed by atoms with Gasteiger partial charge in [-0.25, -0.2) is 9.02 Å². The predicted octanol–water partition coefficient (Wildman–Crippen LogP) is 3.14. The van der Waals surface area contributed by atoms with Crippen LogP contribution in [-0.2, 0) is 0 Å².